The molecule has 0 heterocycles. The zero-order chi connectivity index (χ0) is 15.7. The van der Waals surface area contributed by atoms with E-state index >= 15 is 0 Å². The minimum atomic E-state index is -2.51. The summed E-state index contributed by atoms with van der Waals surface area (Å²) in [6.45, 7) is 1.11. The highest BCUT2D eigenvalue weighted by Gasteiger charge is 2.07. The van der Waals surface area contributed by atoms with E-state index in [1.807, 2.05) is 6.92 Å². The molecule has 0 fully saturated rings. The van der Waals surface area contributed by atoms with Crippen LogP contribution in [0.1, 0.15) is 21.5 Å². The lowest BCUT2D eigenvalue weighted by molar-refractivity contribution is 0.0188. The van der Waals surface area contributed by atoms with Crippen LogP contribution in [0.2, 0.25) is 0 Å². The van der Waals surface area contributed by atoms with Gasteiger partial charge < -0.3 is 15.2 Å². The van der Waals surface area contributed by atoms with Crippen molar-refractivity contribution in [2.45, 2.75) is 13.3 Å². The molecule has 1 aromatic rings. The molecule has 0 spiro atoms. The predicted molar refractivity (Wildman–Crippen MR) is 74.3 cm³/mol. The third-order valence-corrected chi connectivity index (χ3v) is 2.43. The van der Waals surface area contributed by atoms with Gasteiger partial charge in [-0.05, 0) is 30.7 Å². The van der Waals surface area contributed by atoms with E-state index in [9.17, 15) is 13.6 Å². The van der Waals surface area contributed by atoms with Gasteiger partial charge in [-0.25, -0.2) is 8.78 Å². The number of hydrogen-bond donors (Lipinski definition) is 2. The molecule has 0 saturated carbocycles. The lowest BCUT2D eigenvalue weighted by Gasteiger charge is -2.07. The Morgan fingerprint density at radius 3 is 2.86 bits per heavy atom. The number of alkyl halides is 2. The smallest absolute Gasteiger partial charge is 0.261 e. The number of carbonyl (C=O) groups excluding carboxylic acids is 1. The number of rotatable bonds is 6. The topological polar surface area (TPSA) is 58.6 Å². The first-order chi connectivity index (χ1) is 10.0. The molecule has 1 aromatic carbocycles. The molecule has 0 aliphatic heterocycles. The molecule has 0 unspecified atom stereocenters. The summed E-state index contributed by atoms with van der Waals surface area (Å²) in [7, 11) is 0. The summed E-state index contributed by atoms with van der Waals surface area (Å²) < 4.78 is 28.3. The van der Waals surface area contributed by atoms with Crippen molar-refractivity contribution in [2.24, 2.45) is 0 Å². The van der Waals surface area contributed by atoms with Gasteiger partial charge in [0.25, 0.3) is 12.3 Å². The fourth-order valence-electron chi connectivity index (χ4n) is 1.64. The third kappa shape index (κ3) is 6.84. The highest BCUT2D eigenvalue weighted by molar-refractivity contribution is 5.94. The van der Waals surface area contributed by atoms with Gasteiger partial charge in [0.05, 0.1) is 6.61 Å². The number of halogens is 2. The normalized spacial score (nSPS) is 10.1. The lowest BCUT2D eigenvalue weighted by atomic mass is 10.1. The molecular formula is C15H17F2NO3. The Bertz CT molecular complexity index is 535. The number of ether oxygens (including phenoxy) is 1. The van der Waals surface area contributed by atoms with Crippen LogP contribution in [0.15, 0.2) is 18.2 Å². The molecular weight excluding hydrogens is 280 g/mol. The van der Waals surface area contributed by atoms with E-state index in [1.165, 1.54) is 0 Å². The van der Waals surface area contributed by atoms with Crippen LogP contribution in [0.4, 0.5) is 8.78 Å². The molecule has 0 aromatic heterocycles. The van der Waals surface area contributed by atoms with Crippen LogP contribution in [0, 0.1) is 18.8 Å². The Morgan fingerprint density at radius 1 is 1.43 bits per heavy atom. The number of carbonyl (C=O) groups is 1. The second-order valence-electron chi connectivity index (χ2n) is 4.27. The number of hydrogen-bond acceptors (Lipinski definition) is 3. The summed E-state index contributed by atoms with van der Waals surface area (Å²) in [5.74, 6) is 4.92. The van der Waals surface area contributed by atoms with Gasteiger partial charge in [0, 0.05) is 17.7 Å². The zero-order valence-corrected chi connectivity index (χ0v) is 11.7. The molecule has 4 nitrogen and oxygen atoms in total. The van der Waals surface area contributed by atoms with Crippen LogP contribution in [0.3, 0.4) is 0 Å². The van der Waals surface area contributed by atoms with Gasteiger partial charge >= 0.3 is 0 Å². The maximum Gasteiger partial charge on any atom is 0.261 e. The average molecular weight is 297 g/mol. The molecule has 6 heteroatoms. The number of aliphatic hydroxyl groups excluding tert-OH is 1. The molecule has 0 saturated heterocycles. The van der Waals surface area contributed by atoms with Gasteiger partial charge in [0.1, 0.15) is 13.2 Å². The summed E-state index contributed by atoms with van der Waals surface area (Å²) in [6, 6.07) is 5.09. The summed E-state index contributed by atoms with van der Waals surface area (Å²) in [5.41, 5.74) is 1.91. The Hall–Kier alpha value is -1.97. The van der Waals surface area contributed by atoms with Gasteiger partial charge in [-0.1, -0.05) is 11.8 Å². The Morgan fingerprint density at radius 2 is 2.19 bits per heavy atom. The van der Waals surface area contributed by atoms with Crippen molar-refractivity contribution in [3.05, 3.63) is 34.9 Å². The summed E-state index contributed by atoms with van der Waals surface area (Å²) in [4.78, 5) is 11.9. The van der Waals surface area contributed by atoms with Crippen LogP contribution in [-0.2, 0) is 4.74 Å². The van der Waals surface area contributed by atoms with Crippen molar-refractivity contribution in [2.75, 3.05) is 26.4 Å². The van der Waals surface area contributed by atoms with E-state index in [4.69, 9.17) is 5.11 Å². The maximum absolute atomic E-state index is 11.9. The molecule has 0 radical (unpaired) electrons. The van der Waals surface area contributed by atoms with Crippen molar-refractivity contribution in [1.82, 2.24) is 5.32 Å². The van der Waals surface area contributed by atoms with Gasteiger partial charge in [0.2, 0.25) is 0 Å². The molecule has 0 atom stereocenters. The van der Waals surface area contributed by atoms with Crippen LogP contribution < -0.4 is 5.32 Å². The highest BCUT2D eigenvalue weighted by Crippen LogP contribution is 2.09. The second kappa shape index (κ2) is 9.06. The van der Waals surface area contributed by atoms with Gasteiger partial charge in [0.15, 0.2) is 0 Å². The first kappa shape index (κ1) is 17.1. The van der Waals surface area contributed by atoms with Crippen molar-refractivity contribution in [3.8, 4) is 11.8 Å². The Balaban J connectivity index is 2.55. The second-order valence-corrected chi connectivity index (χ2v) is 4.27. The minimum absolute atomic E-state index is 0.0269. The molecule has 0 aliphatic rings. The third-order valence-electron chi connectivity index (χ3n) is 2.43. The number of amides is 1. The molecule has 114 valence electrons. The first-order valence-electron chi connectivity index (χ1n) is 6.38. The average Bonchev–Trinajstić information content (AvgIpc) is 2.43. The quantitative estimate of drug-likeness (QED) is 0.615. The first-order valence-corrected chi connectivity index (χ1v) is 6.38. The van der Waals surface area contributed by atoms with E-state index in [-0.39, 0.29) is 25.7 Å². The van der Waals surface area contributed by atoms with E-state index in [0.29, 0.717) is 11.1 Å². The molecule has 2 N–H and O–H groups in total. The molecule has 1 rings (SSSR count). The number of aryl methyl sites for hydroxylation is 1. The van der Waals surface area contributed by atoms with Crippen LogP contribution in [0.5, 0.6) is 0 Å². The number of benzene rings is 1. The summed E-state index contributed by atoms with van der Waals surface area (Å²) >= 11 is 0. The largest absolute Gasteiger partial charge is 0.384 e. The van der Waals surface area contributed by atoms with E-state index in [1.54, 1.807) is 18.2 Å². The van der Waals surface area contributed by atoms with Crippen molar-refractivity contribution < 1.29 is 23.4 Å². The molecule has 0 bridgehead atoms. The maximum atomic E-state index is 11.9. The van der Waals surface area contributed by atoms with E-state index in [2.05, 4.69) is 21.9 Å². The fourth-order valence-corrected chi connectivity index (χ4v) is 1.64. The number of nitrogens with one attached hydrogen (secondary N) is 1. The van der Waals surface area contributed by atoms with Crippen LogP contribution >= 0.6 is 0 Å². The fraction of sp³-hybridized carbons (Fsp3) is 0.400. The lowest BCUT2D eigenvalue weighted by Crippen LogP contribution is -2.28. The standard InChI is InChI=1S/C15H17F2NO3/c1-11-7-12(3-2-5-19)9-13(8-11)15(20)18-4-6-21-10-14(16)17/h7-9,14,19H,4-6,10H2,1H3,(H,18,20). The molecule has 0 aliphatic carbocycles. The van der Waals surface area contributed by atoms with Crippen molar-refractivity contribution in [1.29, 1.82) is 0 Å². The predicted octanol–water partition coefficient (Wildman–Crippen LogP) is 1.35. The van der Waals surface area contributed by atoms with Crippen molar-refractivity contribution >= 4 is 5.91 Å². The van der Waals surface area contributed by atoms with Gasteiger partial charge in [-0.3, -0.25) is 4.79 Å². The van der Waals surface area contributed by atoms with E-state index in [0.717, 1.165) is 5.56 Å². The molecule has 1 amide bonds. The monoisotopic (exact) mass is 297 g/mol. The SMILES string of the molecule is Cc1cc(C#CCO)cc(C(=O)NCCOCC(F)F)c1. The van der Waals surface area contributed by atoms with Crippen LogP contribution in [0.25, 0.3) is 0 Å². The van der Waals surface area contributed by atoms with Crippen molar-refractivity contribution in [3.63, 3.8) is 0 Å². The minimum Gasteiger partial charge on any atom is -0.384 e. The highest BCUT2D eigenvalue weighted by atomic mass is 19.3. The van der Waals surface area contributed by atoms with E-state index < -0.39 is 13.0 Å². The number of aliphatic hydroxyl groups is 1. The van der Waals surface area contributed by atoms with Crippen LogP contribution in [-0.4, -0.2) is 43.8 Å². The summed E-state index contributed by atoms with van der Waals surface area (Å²) in [5, 5.41) is 11.2. The summed E-state index contributed by atoms with van der Waals surface area (Å²) in [6.07, 6.45) is -2.51. The Labute approximate surface area is 122 Å². The Kier molecular flexibility index (Phi) is 7.37. The molecule has 21 heavy (non-hydrogen) atoms. The zero-order valence-electron chi connectivity index (χ0n) is 11.7. The van der Waals surface area contributed by atoms with Gasteiger partial charge in [-0.2, -0.15) is 0 Å². The van der Waals surface area contributed by atoms with Gasteiger partial charge in [-0.15, -0.1) is 0 Å².